The summed E-state index contributed by atoms with van der Waals surface area (Å²) in [4.78, 5) is 12.5. The van der Waals surface area contributed by atoms with Crippen LogP contribution in [0.1, 0.15) is 34.1 Å². The number of rotatable bonds is 7. The average Bonchev–Trinajstić information content (AvgIpc) is 3.29. The molecule has 0 radical (unpaired) electrons. The largest absolute Gasteiger partial charge is 0.496 e. The first-order valence-corrected chi connectivity index (χ1v) is 8.51. The number of carbonyl (C=O) groups excluding carboxylic acids is 1. The van der Waals surface area contributed by atoms with Gasteiger partial charge in [0, 0.05) is 30.2 Å². The maximum Gasteiger partial charge on any atom is 0.189 e. The molecule has 26 heavy (non-hydrogen) atoms. The summed E-state index contributed by atoms with van der Waals surface area (Å²) in [5.74, 6) is 0.746. The van der Waals surface area contributed by atoms with Crippen molar-refractivity contribution in [3.05, 3.63) is 71.3 Å². The van der Waals surface area contributed by atoms with Crippen LogP contribution in [0, 0.1) is 6.92 Å². The van der Waals surface area contributed by atoms with E-state index in [0.717, 1.165) is 29.1 Å². The topological polar surface area (TPSA) is 61.9 Å². The van der Waals surface area contributed by atoms with Gasteiger partial charge in [0.2, 0.25) is 0 Å². The number of aryl methyl sites for hydroxylation is 1. The van der Waals surface area contributed by atoms with Gasteiger partial charge in [0.25, 0.3) is 0 Å². The van der Waals surface area contributed by atoms with Crippen molar-refractivity contribution < 1.29 is 9.53 Å². The molecule has 0 fully saturated rings. The number of hydrogen-bond donors (Lipinski definition) is 0. The predicted molar refractivity (Wildman–Crippen MR) is 100 cm³/mol. The molecule has 2 aromatic heterocycles. The minimum absolute atomic E-state index is 0.0494. The Balaban J connectivity index is 1.81. The van der Waals surface area contributed by atoms with Gasteiger partial charge in [-0.15, -0.1) is 0 Å². The van der Waals surface area contributed by atoms with E-state index < -0.39 is 0 Å². The monoisotopic (exact) mass is 350 g/mol. The number of benzene rings is 1. The van der Waals surface area contributed by atoms with Gasteiger partial charge in [-0.05, 0) is 43.7 Å². The van der Waals surface area contributed by atoms with E-state index in [1.54, 1.807) is 25.6 Å². The molecule has 0 aliphatic rings. The van der Waals surface area contributed by atoms with Crippen molar-refractivity contribution in [1.82, 2.24) is 19.6 Å². The summed E-state index contributed by atoms with van der Waals surface area (Å²) in [5.41, 5.74) is 3.45. The maximum absolute atomic E-state index is 12.5. The Morgan fingerprint density at radius 1 is 1.31 bits per heavy atom. The van der Waals surface area contributed by atoms with Crippen molar-refractivity contribution in [1.29, 1.82) is 0 Å². The van der Waals surface area contributed by atoms with Gasteiger partial charge >= 0.3 is 0 Å². The molecule has 3 aromatic rings. The van der Waals surface area contributed by atoms with Gasteiger partial charge in [0.15, 0.2) is 5.78 Å². The number of aromatic nitrogens is 4. The normalized spacial score (nSPS) is 11.2. The van der Waals surface area contributed by atoms with Gasteiger partial charge in [-0.1, -0.05) is 12.1 Å². The van der Waals surface area contributed by atoms with Crippen molar-refractivity contribution in [2.75, 3.05) is 7.11 Å². The fourth-order valence-electron chi connectivity index (χ4n) is 2.86. The number of ketones is 1. The number of allylic oxidation sites excluding steroid dienone is 1. The SMILES string of the molecule is CCn1ncc(C(=O)/C=C/c2ccc(OC)c(Cn3cccn3)c2)c1C. The fourth-order valence-corrected chi connectivity index (χ4v) is 2.86. The zero-order valence-corrected chi connectivity index (χ0v) is 15.2. The lowest BCUT2D eigenvalue weighted by molar-refractivity contribution is 0.104. The molecule has 6 nitrogen and oxygen atoms in total. The molecule has 134 valence electrons. The highest BCUT2D eigenvalue weighted by Crippen LogP contribution is 2.22. The first-order chi connectivity index (χ1) is 12.6. The smallest absolute Gasteiger partial charge is 0.189 e. The molecular formula is C20H22N4O2. The van der Waals surface area contributed by atoms with Crippen LogP contribution in [0.2, 0.25) is 0 Å². The molecular weight excluding hydrogens is 328 g/mol. The third kappa shape index (κ3) is 3.74. The van der Waals surface area contributed by atoms with Gasteiger partial charge in [-0.3, -0.25) is 14.2 Å². The molecule has 0 saturated heterocycles. The van der Waals surface area contributed by atoms with E-state index in [0.29, 0.717) is 12.1 Å². The standard InChI is InChI=1S/C20H22N4O2/c1-4-24-15(2)18(13-22-24)19(25)8-6-16-7-9-20(26-3)17(12-16)14-23-11-5-10-21-23/h5-13H,4,14H2,1-3H3/b8-6+. The van der Waals surface area contributed by atoms with Crippen molar-refractivity contribution in [2.45, 2.75) is 26.9 Å². The highest BCUT2D eigenvalue weighted by Gasteiger charge is 2.11. The van der Waals surface area contributed by atoms with Crippen molar-refractivity contribution in [3.63, 3.8) is 0 Å². The Morgan fingerprint density at radius 2 is 2.15 bits per heavy atom. The van der Waals surface area contributed by atoms with Crippen LogP contribution >= 0.6 is 0 Å². The molecule has 3 rings (SSSR count). The van der Waals surface area contributed by atoms with Crippen molar-refractivity contribution in [3.8, 4) is 5.75 Å². The molecule has 6 heteroatoms. The molecule has 0 spiro atoms. The quantitative estimate of drug-likeness (QED) is 0.484. The first-order valence-electron chi connectivity index (χ1n) is 8.51. The van der Waals surface area contributed by atoms with Crippen LogP contribution in [0.25, 0.3) is 6.08 Å². The van der Waals surface area contributed by atoms with Crippen molar-refractivity contribution >= 4 is 11.9 Å². The molecule has 2 heterocycles. The average molecular weight is 350 g/mol. The summed E-state index contributed by atoms with van der Waals surface area (Å²) in [5, 5.41) is 8.45. The van der Waals surface area contributed by atoms with Crippen LogP contribution in [0.3, 0.4) is 0 Å². The molecule has 0 saturated carbocycles. The molecule has 1 aromatic carbocycles. The summed E-state index contributed by atoms with van der Waals surface area (Å²) < 4.78 is 9.08. The first kappa shape index (κ1) is 17.7. The summed E-state index contributed by atoms with van der Waals surface area (Å²) in [6.07, 6.45) is 8.68. The highest BCUT2D eigenvalue weighted by atomic mass is 16.5. The molecule has 0 unspecified atom stereocenters. The molecule has 0 N–H and O–H groups in total. The van der Waals surface area contributed by atoms with Gasteiger partial charge < -0.3 is 4.74 Å². The second-order valence-corrected chi connectivity index (χ2v) is 5.93. The minimum Gasteiger partial charge on any atom is -0.496 e. The van der Waals surface area contributed by atoms with Crippen LogP contribution in [-0.2, 0) is 13.1 Å². The predicted octanol–water partition coefficient (Wildman–Crippen LogP) is 3.36. The minimum atomic E-state index is -0.0494. The number of methoxy groups -OCH3 is 1. The molecule has 0 aliphatic carbocycles. The molecule has 0 amide bonds. The third-order valence-electron chi connectivity index (χ3n) is 4.29. The maximum atomic E-state index is 12.5. The van der Waals surface area contributed by atoms with Gasteiger partial charge in [-0.25, -0.2) is 0 Å². The zero-order valence-electron chi connectivity index (χ0n) is 15.2. The van der Waals surface area contributed by atoms with Gasteiger partial charge in [-0.2, -0.15) is 10.2 Å². The second-order valence-electron chi connectivity index (χ2n) is 5.93. The number of carbonyl (C=O) groups is 1. The summed E-state index contributed by atoms with van der Waals surface area (Å²) in [7, 11) is 1.65. The Bertz CT molecular complexity index is 923. The second kappa shape index (κ2) is 7.82. The number of hydrogen-bond acceptors (Lipinski definition) is 4. The van der Waals surface area contributed by atoms with Crippen LogP contribution in [-0.4, -0.2) is 32.5 Å². The number of nitrogens with zero attached hydrogens (tertiary/aromatic N) is 4. The van der Waals surface area contributed by atoms with Crippen LogP contribution in [0.4, 0.5) is 0 Å². The third-order valence-corrected chi connectivity index (χ3v) is 4.29. The number of ether oxygens (including phenoxy) is 1. The van der Waals surface area contributed by atoms with E-state index in [1.807, 2.05) is 59.7 Å². The van der Waals surface area contributed by atoms with Gasteiger partial charge in [0.1, 0.15) is 5.75 Å². The lowest BCUT2D eigenvalue weighted by atomic mass is 10.1. The summed E-state index contributed by atoms with van der Waals surface area (Å²) >= 11 is 0. The summed E-state index contributed by atoms with van der Waals surface area (Å²) in [6, 6.07) is 7.72. The van der Waals surface area contributed by atoms with E-state index >= 15 is 0 Å². The van der Waals surface area contributed by atoms with Crippen molar-refractivity contribution in [2.24, 2.45) is 0 Å². The lowest BCUT2D eigenvalue weighted by Gasteiger charge is -2.09. The Kier molecular flexibility index (Phi) is 5.31. The van der Waals surface area contributed by atoms with E-state index in [9.17, 15) is 4.79 Å². The zero-order chi connectivity index (χ0) is 18.5. The van der Waals surface area contributed by atoms with Crippen LogP contribution < -0.4 is 4.74 Å². The van der Waals surface area contributed by atoms with E-state index in [1.165, 1.54) is 0 Å². The Hall–Kier alpha value is -3.15. The van der Waals surface area contributed by atoms with Crippen LogP contribution in [0.15, 0.2) is 48.9 Å². The lowest BCUT2D eigenvalue weighted by Crippen LogP contribution is -2.03. The van der Waals surface area contributed by atoms with Gasteiger partial charge in [0.05, 0.1) is 25.4 Å². The molecule has 0 aliphatic heterocycles. The van der Waals surface area contributed by atoms with Crippen LogP contribution in [0.5, 0.6) is 5.75 Å². The van der Waals surface area contributed by atoms with E-state index in [4.69, 9.17) is 4.74 Å². The van der Waals surface area contributed by atoms with E-state index in [-0.39, 0.29) is 5.78 Å². The Morgan fingerprint density at radius 3 is 2.81 bits per heavy atom. The highest BCUT2D eigenvalue weighted by molar-refractivity contribution is 6.07. The summed E-state index contributed by atoms with van der Waals surface area (Å²) in [6.45, 7) is 5.27. The molecule has 0 bridgehead atoms. The molecule has 0 atom stereocenters. The Labute approximate surface area is 152 Å². The van der Waals surface area contributed by atoms with E-state index in [2.05, 4.69) is 10.2 Å². The fraction of sp³-hybridized carbons (Fsp3) is 0.250.